The van der Waals surface area contributed by atoms with Crippen molar-refractivity contribution in [1.29, 1.82) is 0 Å². The fourth-order valence-electron chi connectivity index (χ4n) is 1.42. The quantitative estimate of drug-likeness (QED) is 0.544. The van der Waals surface area contributed by atoms with Crippen molar-refractivity contribution in [2.24, 2.45) is 0 Å². The Hall–Kier alpha value is -1.15. The molecule has 72 valence electrons. The zero-order valence-corrected chi connectivity index (χ0v) is 8.89. The molecule has 0 spiro atoms. The molecule has 0 aliphatic heterocycles. The Morgan fingerprint density at radius 1 is 1.36 bits per heavy atom. The molecule has 1 heterocycles. The Morgan fingerprint density at radius 2 is 2.21 bits per heavy atom. The highest BCUT2D eigenvalue weighted by Gasteiger charge is 2.01. The van der Waals surface area contributed by atoms with Gasteiger partial charge in [-0.1, -0.05) is 18.2 Å². The number of thiazole rings is 1. The smallest absolute Gasteiger partial charge is 0.0938 e. The van der Waals surface area contributed by atoms with Gasteiger partial charge in [-0.3, -0.25) is 0 Å². The maximum absolute atomic E-state index is 4.57. The van der Waals surface area contributed by atoms with Gasteiger partial charge in [0.1, 0.15) is 0 Å². The van der Waals surface area contributed by atoms with Gasteiger partial charge in [0.05, 0.1) is 15.2 Å². The zero-order valence-electron chi connectivity index (χ0n) is 8.07. The van der Waals surface area contributed by atoms with Gasteiger partial charge in [0, 0.05) is 0 Å². The highest BCUT2D eigenvalue weighted by molar-refractivity contribution is 7.18. The number of rotatable bonds is 4. The Morgan fingerprint density at radius 3 is 3.00 bits per heavy atom. The van der Waals surface area contributed by atoms with E-state index in [0.717, 1.165) is 24.8 Å². The van der Waals surface area contributed by atoms with Gasteiger partial charge in [0.2, 0.25) is 0 Å². The molecule has 0 saturated heterocycles. The monoisotopic (exact) mass is 203 g/mol. The highest BCUT2D eigenvalue weighted by atomic mass is 32.1. The third kappa shape index (κ3) is 2.02. The number of hydrogen-bond acceptors (Lipinski definition) is 2. The molecule has 0 fully saturated rings. The largest absolute Gasteiger partial charge is 0.241 e. The average Bonchev–Trinajstić information content (AvgIpc) is 2.60. The van der Waals surface area contributed by atoms with E-state index >= 15 is 0 Å². The van der Waals surface area contributed by atoms with Crippen molar-refractivity contribution in [2.75, 3.05) is 0 Å². The molecule has 2 aromatic rings. The predicted molar refractivity (Wildman–Crippen MR) is 62.8 cm³/mol. The highest BCUT2D eigenvalue weighted by Crippen LogP contribution is 2.22. The summed E-state index contributed by atoms with van der Waals surface area (Å²) in [5, 5.41) is 1.24. The van der Waals surface area contributed by atoms with Gasteiger partial charge >= 0.3 is 0 Å². The van der Waals surface area contributed by atoms with E-state index < -0.39 is 0 Å². The van der Waals surface area contributed by atoms with E-state index in [4.69, 9.17) is 0 Å². The van der Waals surface area contributed by atoms with E-state index in [1.807, 2.05) is 12.1 Å². The molecular formula is C12H13NS. The molecule has 14 heavy (non-hydrogen) atoms. The van der Waals surface area contributed by atoms with Gasteiger partial charge < -0.3 is 0 Å². The second-order valence-electron chi connectivity index (χ2n) is 3.26. The number of allylic oxidation sites excluding steroid dienone is 1. The topological polar surface area (TPSA) is 12.9 Å². The van der Waals surface area contributed by atoms with Crippen molar-refractivity contribution in [3.63, 3.8) is 0 Å². The number of aryl methyl sites for hydroxylation is 1. The van der Waals surface area contributed by atoms with Gasteiger partial charge in [-0.05, 0) is 31.4 Å². The number of hydrogen-bond donors (Lipinski definition) is 0. The molecule has 0 amide bonds. The second-order valence-corrected chi connectivity index (χ2v) is 4.37. The van der Waals surface area contributed by atoms with Crippen LogP contribution in [0.3, 0.4) is 0 Å². The lowest BCUT2D eigenvalue weighted by Gasteiger charge is -1.90. The number of aromatic nitrogens is 1. The van der Waals surface area contributed by atoms with E-state index in [1.165, 1.54) is 9.71 Å². The molecule has 2 heteroatoms. The van der Waals surface area contributed by atoms with Gasteiger partial charge in [-0.15, -0.1) is 17.9 Å². The summed E-state index contributed by atoms with van der Waals surface area (Å²) >= 11 is 1.80. The average molecular weight is 203 g/mol. The van der Waals surface area contributed by atoms with Crippen LogP contribution in [0.4, 0.5) is 0 Å². The number of benzene rings is 1. The van der Waals surface area contributed by atoms with Crippen LogP contribution in [-0.4, -0.2) is 4.98 Å². The van der Waals surface area contributed by atoms with Crippen LogP contribution in [0.2, 0.25) is 0 Å². The minimum atomic E-state index is 1.07. The fraction of sp³-hybridized carbons (Fsp3) is 0.250. The molecule has 0 atom stereocenters. The molecule has 2 rings (SSSR count). The summed E-state index contributed by atoms with van der Waals surface area (Å²) in [4.78, 5) is 4.57. The summed E-state index contributed by atoms with van der Waals surface area (Å²) in [6.07, 6.45) is 5.28. The van der Waals surface area contributed by atoms with E-state index in [2.05, 4.69) is 29.8 Å². The number of para-hydroxylation sites is 1. The molecule has 1 aromatic carbocycles. The van der Waals surface area contributed by atoms with Crippen molar-refractivity contribution in [3.8, 4) is 0 Å². The molecule has 0 aliphatic rings. The van der Waals surface area contributed by atoms with Crippen molar-refractivity contribution in [2.45, 2.75) is 19.3 Å². The van der Waals surface area contributed by atoms with Crippen LogP contribution in [0.1, 0.15) is 17.8 Å². The SMILES string of the molecule is C=CCCCc1nc2ccccc2s1. The summed E-state index contributed by atoms with van der Waals surface area (Å²) in [5.41, 5.74) is 1.13. The molecule has 0 saturated carbocycles. The molecular weight excluding hydrogens is 190 g/mol. The van der Waals surface area contributed by atoms with Crippen LogP contribution < -0.4 is 0 Å². The zero-order chi connectivity index (χ0) is 9.80. The Labute approximate surface area is 88.1 Å². The van der Waals surface area contributed by atoms with E-state index in [9.17, 15) is 0 Å². The van der Waals surface area contributed by atoms with E-state index in [1.54, 1.807) is 11.3 Å². The molecule has 0 bridgehead atoms. The van der Waals surface area contributed by atoms with Gasteiger partial charge in [0.15, 0.2) is 0 Å². The van der Waals surface area contributed by atoms with Crippen LogP contribution >= 0.6 is 11.3 Å². The Bertz CT molecular complexity index is 398. The lowest BCUT2D eigenvalue weighted by molar-refractivity contribution is 0.839. The fourth-order valence-corrected chi connectivity index (χ4v) is 2.43. The number of fused-ring (bicyclic) bond motifs is 1. The Kier molecular flexibility index (Phi) is 2.94. The summed E-state index contributed by atoms with van der Waals surface area (Å²) in [7, 11) is 0. The first-order valence-corrected chi connectivity index (χ1v) is 5.67. The first-order chi connectivity index (χ1) is 6.90. The van der Waals surface area contributed by atoms with Crippen molar-refractivity contribution in [1.82, 2.24) is 4.98 Å². The third-order valence-electron chi connectivity index (χ3n) is 2.14. The summed E-state index contributed by atoms with van der Waals surface area (Å²) < 4.78 is 1.29. The van der Waals surface area contributed by atoms with Gasteiger partial charge in [-0.25, -0.2) is 4.98 Å². The van der Waals surface area contributed by atoms with Gasteiger partial charge in [0.25, 0.3) is 0 Å². The maximum atomic E-state index is 4.57. The minimum Gasteiger partial charge on any atom is -0.241 e. The predicted octanol–water partition coefficient (Wildman–Crippen LogP) is 3.81. The molecule has 0 N–H and O–H groups in total. The minimum absolute atomic E-state index is 1.07. The molecule has 1 nitrogen and oxygen atoms in total. The second kappa shape index (κ2) is 4.38. The van der Waals surface area contributed by atoms with Crippen LogP contribution in [0, 0.1) is 0 Å². The summed E-state index contributed by atoms with van der Waals surface area (Å²) in [6.45, 7) is 3.72. The third-order valence-corrected chi connectivity index (χ3v) is 3.23. The molecule has 0 unspecified atom stereocenters. The van der Waals surface area contributed by atoms with Crippen molar-refractivity contribution < 1.29 is 0 Å². The standard InChI is InChI=1S/C12H13NS/c1-2-3-4-9-12-13-10-7-5-6-8-11(10)14-12/h2,5-8H,1,3-4,9H2. The first-order valence-electron chi connectivity index (χ1n) is 4.85. The summed E-state index contributed by atoms with van der Waals surface area (Å²) in [6, 6.07) is 8.30. The molecule has 0 radical (unpaired) electrons. The van der Waals surface area contributed by atoms with Crippen LogP contribution in [0.25, 0.3) is 10.2 Å². The van der Waals surface area contributed by atoms with Crippen molar-refractivity contribution >= 4 is 21.6 Å². The number of unbranched alkanes of at least 4 members (excludes halogenated alkanes) is 1. The molecule has 0 aliphatic carbocycles. The van der Waals surface area contributed by atoms with E-state index in [-0.39, 0.29) is 0 Å². The normalized spacial score (nSPS) is 10.6. The van der Waals surface area contributed by atoms with Crippen molar-refractivity contribution in [3.05, 3.63) is 41.9 Å². The summed E-state index contributed by atoms with van der Waals surface area (Å²) in [5.74, 6) is 0. The first kappa shape index (κ1) is 9.41. The molecule has 1 aromatic heterocycles. The Balaban J connectivity index is 2.14. The lowest BCUT2D eigenvalue weighted by Crippen LogP contribution is -1.81. The maximum Gasteiger partial charge on any atom is 0.0938 e. The van der Waals surface area contributed by atoms with Crippen LogP contribution in [-0.2, 0) is 6.42 Å². The van der Waals surface area contributed by atoms with E-state index in [0.29, 0.717) is 0 Å². The van der Waals surface area contributed by atoms with Crippen LogP contribution in [0.15, 0.2) is 36.9 Å². The van der Waals surface area contributed by atoms with Crippen LogP contribution in [0.5, 0.6) is 0 Å². The number of nitrogens with zero attached hydrogens (tertiary/aromatic N) is 1. The lowest BCUT2D eigenvalue weighted by atomic mass is 10.2. The van der Waals surface area contributed by atoms with Gasteiger partial charge in [-0.2, -0.15) is 0 Å².